The molecule has 0 saturated heterocycles. The van der Waals surface area contributed by atoms with Crippen molar-refractivity contribution < 1.29 is 19.8 Å². The highest BCUT2D eigenvalue weighted by atomic mass is 16.3. The first-order valence-electron chi connectivity index (χ1n) is 6.60. The van der Waals surface area contributed by atoms with Crippen LogP contribution in [0.3, 0.4) is 0 Å². The van der Waals surface area contributed by atoms with Gasteiger partial charge >= 0.3 is 6.03 Å². The van der Waals surface area contributed by atoms with Gasteiger partial charge < -0.3 is 25.7 Å². The third-order valence-electron chi connectivity index (χ3n) is 3.13. The van der Waals surface area contributed by atoms with Gasteiger partial charge in [-0.05, 0) is 24.6 Å². The van der Waals surface area contributed by atoms with Crippen LogP contribution in [0.4, 0.5) is 4.79 Å². The van der Waals surface area contributed by atoms with Crippen LogP contribution < -0.4 is 5.73 Å². The first-order valence-corrected chi connectivity index (χ1v) is 6.60. The summed E-state index contributed by atoms with van der Waals surface area (Å²) in [5.74, 6) is -0.257. The van der Waals surface area contributed by atoms with Gasteiger partial charge in [-0.15, -0.1) is 0 Å². The summed E-state index contributed by atoms with van der Waals surface area (Å²) < 4.78 is 0. The van der Waals surface area contributed by atoms with Gasteiger partial charge in [0.1, 0.15) is 12.3 Å². The van der Waals surface area contributed by atoms with E-state index in [4.69, 9.17) is 5.73 Å². The molecule has 7 nitrogen and oxygen atoms in total. The normalized spacial score (nSPS) is 11.8. The van der Waals surface area contributed by atoms with Crippen LogP contribution in [0.2, 0.25) is 0 Å². The fourth-order valence-electron chi connectivity index (χ4n) is 1.83. The largest absolute Gasteiger partial charge is 0.508 e. The molecule has 0 radical (unpaired) electrons. The number of hydrogen-bond acceptors (Lipinski definition) is 4. The summed E-state index contributed by atoms with van der Waals surface area (Å²) in [6, 6.07) is 5.54. The molecule has 0 aliphatic rings. The molecule has 0 fully saturated rings. The van der Waals surface area contributed by atoms with Crippen molar-refractivity contribution in [2.75, 3.05) is 26.7 Å². The first kappa shape index (κ1) is 16.8. The van der Waals surface area contributed by atoms with E-state index < -0.39 is 12.1 Å². The summed E-state index contributed by atoms with van der Waals surface area (Å²) in [6.07, 6.45) is -0.917. The highest BCUT2D eigenvalue weighted by Crippen LogP contribution is 2.19. The van der Waals surface area contributed by atoms with Crippen LogP contribution in [0, 0.1) is 0 Å². The Morgan fingerprint density at radius 3 is 2.57 bits per heavy atom. The van der Waals surface area contributed by atoms with Gasteiger partial charge in [-0.1, -0.05) is 12.1 Å². The molecule has 0 saturated carbocycles. The number of aromatic hydroxyl groups is 1. The van der Waals surface area contributed by atoms with Crippen LogP contribution in [0.25, 0.3) is 0 Å². The summed E-state index contributed by atoms with van der Waals surface area (Å²) in [5, 5.41) is 19.5. The number of rotatable bonds is 6. The van der Waals surface area contributed by atoms with Crippen molar-refractivity contribution in [1.82, 2.24) is 9.80 Å². The summed E-state index contributed by atoms with van der Waals surface area (Å²) in [4.78, 5) is 25.5. The fraction of sp³-hybridized carbons (Fsp3) is 0.429. The van der Waals surface area contributed by atoms with Crippen molar-refractivity contribution >= 4 is 11.9 Å². The number of likely N-dealkylation sites (N-methyl/N-ethyl adjacent to an activating group) is 2. The van der Waals surface area contributed by atoms with Crippen LogP contribution in [0.15, 0.2) is 24.3 Å². The minimum Gasteiger partial charge on any atom is -0.508 e. The number of primary amides is 1. The lowest BCUT2D eigenvalue weighted by molar-refractivity contribution is -0.132. The van der Waals surface area contributed by atoms with Gasteiger partial charge in [0.25, 0.3) is 0 Å². The van der Waals surface area contributed by atoms with Crippen LogP contribution in [0.1, 0.15) is 18.6 Å². The van der Waals surface area contributed by atoms with Gasteiger partial charge in [0.2, 0.25) is 5.91 Å². The molecule has 1 rings (SSSR count). The molecule has 3 amide bonds. The monoisotopic (exact) mass is 295 g/mol. The van der Waals surface area contributed by atoms with Crippen LogP contribution >= 0.6 is 0 Å². The number of amides is 3. The number of nitrogens with two attached hydrogens (primary N) is 1. The molecular formula is C14H21N3O4. The predicted molar refractivity (Wildman–Crippen MR) is 77.5 cm³/mol. The number of aliphatic hydroxyl groups excluding tert-OH is 1. The number of urea groups is 1. The Labute approximate surface area is 123 Å². The Hall–Kier alpha value is -2.28. The molecule has 0 aromatic heterocycles. The molecule has 0 aliphatic heterocycles. The van der Waals surface area contributed by atoms with E-state index >= 15 is 0 Å². The third-order valence-corrected chi connectivity index (χ3v) is 3.13. The maximum absolute atomic E-state index is 12.0. The summed E-state index contributed by atoms with van der Waals surface area (Å²) >= 11 is 0. The smallest absolute Gasteiger partial charge is 0.314 e. The van der Waals surface area contributed by atoms with Gasteiger partial charge in [0.05, 0.1) is 12.6 Å². The number of phenols is 1. The van der Waals surface area contributed by atoms with Crippen molar-refractivity contribution in [3.8, 4) is 5.75 Å². The average molecular weight is 295 g/mol. The molecular weight excluding hydrogens is 274 g/mol. The topological polar surface area (TPSA) is 107 Å². The quantitative estimate of drug-likeness (QED) is 0.701. The molecule has 0 aliphatic carbocycles. The molecule has 4 N–H and O–H groups in total. The Bertz CT molecular complexity index is 507. The van der Waals surface area contributed by atoms with Crippen molar-refractivity contribution in [3.63, 3.8) is 0 Å². The second kappa shape index (κ2) is 7.49. The summed E-state index contributed by atoms with van der Waals surface area (Å²) in [5.41, 5.74) is 5.59. The molecule has 0 spiro atoms. The third kappa shape index (κ3) is 4.96. The van der Waals surface area contributed by atoms with Crippen molar-refractivity contribution in [2.24, 2.45) is 5.73 Å². The number of aliphatic hydroxyl groups is 1. The molecule has 0 heterocycles. The van der Waals surface area contributed by atoms with Gasteiger partial charge in [0, 0.05) is 13.6 Å². The lowest BCUT2D eigenvalue weighted by Gasteiger charge is -2.26. The lowest BCUT2D eigenvalue weighted by atomic mass is 10.1. The van der Waals surface area contributed by atoms with Gasteiger partial charge in [-0.25, -0.2) is 4.79 Å². The molecule has 0 unspecified atom stereocenters. The van der Waals surface area contributed by atoms with Gasteiger partial charge in [-0.3, -0.25) is 4.79 Å². The Morgan fingerprint density at radius 2 is 2.05 bits per heavy atom. The van der Waals surface area contributed by atoms with Crippen molar-refractivity contribution in [1.29, 1.82) is 0 Å². The number of nitrogens with zero attached hydrogens (tertiary/aromatic N) is 2. The van der Waals surface area contributed by atoms with Gasteiger partial charge in [-0.2, -0.15) is 0 Å². The zero-order valence-electron chi connectivity index (χ0n) is 12.2. The van der Waals surface area contributed by atoms with E-state index in [0.29, 0.717) is 12.1 Å². The Kier molecular flexibility index (Phi) is 5.98. The molecule has 1 aromatic carbocycles. The number of carbonyl (C=O) groups excluding carboxylic acids is 2. The Balaban J connectivity index is 2.68. The van der Waals surface area contributed by atoms with E-state index in [1.807, 2.05) is 0 Å². The first-order chi connectivity index (χ1) is 9.85. The number of phenolic OH excluding ortho intramolecular Hbond substituents is 1. The molecule has 1 atom stereocenters. The minimum atomic E-state index is -0.917. The van der Waals surface area contributed by atoms with Crippen LogP contribution in [-0.4, -0.2) is 58.6 Å². The number of hydrogen-bond donors (Lipinski definition) is 3. The Morgan fingerprint density at radius 1 is 1.38 bits per heavy atom. The van der Waals surface area contributed by atoms with E-state index in [2.05, 4.69) is 0 Å². The highest BCUT2D eigenvalue weighted by Gasteiger charge is 2.19. The second-order valence-corrected chi connectivity index (χ2v) is 4.74. The maximum Gasteiger partial charge on any atom is 0.314 e. The van der Waals surface area contributed by atoms with E-state index in [1.165, 1.54) is 24.1 Å². The molecule has 0 bridgehead atoms. The fourth-order valence-corrected chi connectivity index (χ4v) is 1.83. The van der Waals surface area contributed by atoms with E-state index in [-0.39, 0.29) is 24.7 Å². The average Bonchev–Trinajstić information content (AvgIpc) is 2.44. The number of carbonyl (C=O) groups is 2. The molecule has 7 heteroatoms. The standard InChI is InChI=1S/C14H21N3O4/c1-3-17(13(20)9-16(2)14(15)21)8-12(19)10-5-4-6-11(18)7-10/h4-7,12,18-19H,3,8-9H2,1-2H3,(H2,15,21)/t12-/m0/s1. The summed E-state index contributed by atoms with van der Waals surface area (Å²) in [6.45, 7) is 2.10. The molecule has 1 aromatic rings. The van der Waals surface area contributed by atoms with Crippen molar-refractivity contribution in [2.45, 2.75) is 13.0 Å². The highest BCUT2D eigenvalue weighted by molar-refractivity contribution is 5.83. The van der Waals surface area contributed by atoms with Crippen molar-refractivity contribution in [3.05, 3.63) is 29.8 Å². The maximum atomic E-state index is 12.0. The SMILES string of the molecule is CCN(C[C@H](O)c1cccc(O)c1)C(=O)CN(C)C(N)=O. The lowest BCUT2D eigenvalue weighted by Crippen LogP contribution is -2.44. The second-order valence-electron chi connectivity index (χ2n) is 4.74. The minimum absolute atomic E-state index is 0.0504. The van der Waals surface area contributed by atoms with Crippen LogP contribution in [0.5, 0.6) is 5.75 Å². The molecule has 21 heavy (non-hydrogen) atoms. The van der Waals surface area contributed by atoms with E-state index in [9.17, 15) is 19.8 Å². The van der Waals surface area contributed by atoms with Crippen LogP contribution in [-0.2, 0) is 4.79 Å². The zero-order valence-corrected chi connectivity index (χ0v) is 12.2. The van der Waals surface area contributed by atoms with E-state index in [0.717, 1.165) is 4.90 Å². The predicted octanol–water partition coefficient (Wildman–Crippen LogP) is 0.285. The summed E-state index contributed by atoms with van der Waals surface area (Å²) in [7, 11) is 1.43. The number of benzene rings is 1. The van der Waals surface area contributed by atoms with Gasteiger partial charge in [0.15, 0.2) is 0 Å². The van der Waals surface area contributed by atoms with E-state index in [1.54, 1.807) is 19.1 Å². The zero-order chi connectivity index (χ0) is 16.0. The molecule has 116 valence electrons.